The molecule has 1 N–H and O–H groups in total. The number of fused-ring (bicyclic) bond motifs is 1. The Hall–Kier alpha value is -1.31. The second-order valence-corrected chi connectivity index (χ2v) is 2.84. The predicted molar refractivity (Wildman–Crippen MR) is 59.0 cm³/mol. The van der Waals surface area contributed by atoms with Gasteiger partial charge in [0.25, 0.3) is 0 Å². The van der Waals surface area contributed by atoms with Crippen molar-refractivity contribution >= 4 is 11.0 Å². The van der Waals surface area contributed by atoms with E-state index in [9.17, 15) is 0 Å². The van der Waals surface area contributed by atoms with Gasteiger partial charge in [-0.3, -0.25) is 0 Å². The summed E-state index contributed by atoms with van der Waals surface area (Å²) in [5.41, 5.74) is 3.21. The Morgan fingerprint density at radius 1 is 1.23 bits per heavy atom. The zero-order valence-electron chi connectivity index (χ0n) is 8.68. The van der Waals surface area contributed by atoms with Crippen molar-refractivity contribution in [3.63, 3.8) is 0 Å². The van der Waals surface area contributed by atoms with Gasteiger partial charge in [-0.25, -0.2) is 4.98 Å². The second-order valence-electron chi connectivity index (χ2n) is 2.84. The summed E-state index contributed by atoms with van der Waals surface area (Å²) in [6.45, 7) is 8.03. The molecule has 2 aromatic rings. The Labute approximate surface area is 80.5 Å². The van der Waals surface area contributed by atoms with Crippen LogP contribution in [0.4, 0.5) is 0 Å². The number of nitrogens with one attached hydrogen (secondary N) is 1. The van der Waals surface area contributed by atoms with Crippen LogP contribution in [0.1, 0.15) is 26.7 Å². The molecule has 0 spiro atoms. The average Bonchev–Trinajstić information content (AvgIpc) is 2.48. The number of aryl methyl sites for hydroxylation is 2. The van der Waals surface area contributed by atoms with Crippen LogP contribution in [0, 0.1) is 13.8 Å². The number of pyridine rings is 1. The largest absolute Gasteiger partial charge is 0.344 e. The Balaban J connectivity index is 0.000000531. The highest BCUT2D eigenvalue weighted by atomic mass is 14.9. The van der Waals surface area contributed by atoms with E-state index < -0.39 is 0 Å². The maximum atomic E-state index is 4.34. The molecule has 0 fully saturated rings. The lowest BCUT2D eigenvalue weighted by molar-refractivity contribution is 1.20. The molecule has 0 bridgehead atoms. The number of H-pyrrole nitrogens is 1. The Bertz CT molecular complexity index is 393. The van der Waals surface area contributed by atoms with Crippen molar-refractivity contribution < 1.29 is 1.43 Å². The van der Waals surface area contributed by atoms with Crippen molar-refractivity contribution in [3.05, 3.63) is 29.6 Å². The van der Waals surface area contributed by atoms with E-state index in [4.69, 9.17) is 0 Å². The standard InChI is InChI=1S/C9H10N2.C2H6.H2/c1-6-3-4-8-5-7(2)11-9(8)10-6;1-2;/h3-5H,1-2H3,(H,10,11);1-2H3;1H. The van der Waals surface area contributed by atoms with Crippen molar-refractivity contribution in [3.8, 4) is 0 Å². The summed E-state index contributed by atoms with van der Waals surface area (Å²) in [6, 6.07) is 6.21. The maximum absolute atomic E-state index is 4.34. The van der Waals surface area contributed by atoms with Crippen molar-refractivity contribution in [2.24, 2.45) is 0 Å². The van der Waals surface area contributed by atoms with Crippen molar-refractivity contribution in [1.82, 2.24) is 9.97 Å². The Kier molecular flexibility index (Phi) is 3.07. The van der Waals surface area contributed by atoms with Gasteiger partial charge in [-0.15, -0.1) is 0 Å². The first-order valence-electron chi connectivity index (χ1n) is 4.69. The molecule has 0 aliphatic heterocycles. The molecule has 2 aromatic heterocycles. The summed E-state index contributed by atoms with van der Waals surface area (Å²) in [7, 11) is 0. The number of hydrogen-bond acceptors (Lipinski definition) is 1. The van der Waals surface area contributed by atoms with E-state index >= 15 is 0 Å². The molecule has 0 aliphatic carbocycles. The average molecular weight is 178 g/mol. The zero-order chi connectivity index (χ0) is 9.84. The van der Waals surface area contributed by atoms with Crippen LogP contribution < -0.4 is 0 Å². The van der Waals surface area contributed by atoms with Gasteiger partial charge < -0.3 is 4.98 Å². The molecule has 2 rings (SSSR count). The van der Waals surface area contributed by atoms with Crippen LogP contribution in [0.25, 0.3) is 11.0 Å². The van der Waals surface area contributed by atoms with Gasteiger partial charge in [0.1, 0.15) is 5.65 Å². The van der Waals surface area contributed by atoms with E-state index in [1.165, 1.54) is 5.39 Å². The lowest BCUT2D eigenvalue weighted by Gasteiger charge is -1.89. The lowest BCUT2D eigenvalue weighted by atomic mass is 10.3. The third kappa shape index (κ3) is 2.08. The molecule has 2 heteroatoms. The van der Waals surface area contributed by atoms with Crippen LogP contribution in [-0.4, -0.2) is 9.97 Å². The molecule has 2 nitrogen and oxygen atoms in total. The molecule has 0 aliphatic rings. The molecule has 0 saturated heterocycles. The van der Waals surface area contributed by atoms with E-state index in [0.717, 1.165) is 17.0 Å². The fourth-order valence-corrected chi connectivity index (χ4v) is 1.24. The quantitative estimate of drug-likeness (QED) is 0.657. The molecule has 0 saturated carbocycles. The van der Waals surface area contributed by atoms with Gasteiger partial charge in [0, 0.05) is 18.2 Å². The fourth-order valence-electron chi connectivity index (χ4n) is 1.24. The third-order valence-electron chi connectivity index (χ3n) is 1.75. The summed E-state index contributed by atoms with van der Waals surface area (Å²) in [6.07, 6.45) is 0. The Morgan fingerprint density at radius 2 is 1.92 bits per heavy atom. The van der Waals surface area contributed by atoms with Gasteiger partial charge in [0.2, 0.25) is 0 Å². The van der Waals surface area contributed by atoms with Crippen molar-refractivity contribution in [2.45, 2.75) is 27.7 Å². The minimum absolute atomic E-state index is 0. The molecular weight excluding hydrogens is 160 g/mol. The van der Waals surface area contributed by atoms with E-state index in [1.807, 2.05) is 33.8 Å². The smallest absolute Gasteiger partial charge is 0.137 e. The summed E-state index contributed by atoms with van der Waals surface area (Å²) < 4.78 is 0. The SMILES string of the molecule is CC.Cc1ccc2cc(C)[nH]c2n1.[HH]. The van der Waals surface area contributed by atoms with E-state index in [2.05, 4.69) is 22.1 Å². The molecule has 0 unspecified atom stereocenters. The molecule has 0 amide bonds. The zero-order valence-corrected chi connectivity index (χ0v) is 8.68. The first-order valence-corrected chi connectivity index (χ1v) is 4.69. The van der Waals surface area contributed by atoms with Gasteiger partial charge >= 0.3 is 0 Å². The summed E-state index contributed by atoms with van der Waals surface area (Å²) in [4.78, 5) is 7.53. The molecule has 0 atom stereocenters. The molecular formula is C11H18N2. The first kappa shape index (κ1) is 9.78. The summed E-state index contributed by atoms with van der Waals surface area (Å²) in [5.74, 6) is 0. The maximum Gasteiger partial charge on any atom is 0.137 e. The highest BCUT2D eigenvalue weighted by Gasteiger charge is 1.96. The van der Waals surface area contributed by atoms with Crippen LogP contribution in [0.15, 0.2) is 18.2 Å². The van der Waals surface area contributed by atoms with Crippen LogP contribution in [-0.2, 0) is 0 Å². The third-order valence-corrected chi connectivity index (χ3v) is 1.75. The number of aromatic amines is 1. The monoisotopic (exact) mass is 178 g/mol. The van der Waals surface area contributed by atoms with E-state index in [1.54, 1.807) is 0 Å². The molecule has 0 aromatic carbocycles. The molecule has 72 valence electrons. The van der Waals surface area contributed by atoms with E-state index in [-0.39, 0.29) is 1.43 Å². The number of nitrogens with zero attached hydrogens (tertiary/aromatic N) is 1. The normalized spacial score (nSPS) is 9.54. The minimum atomic E-state index is 0. The summed E-state index contributed by atoms with van der Waals surface area (Å²) >= 11 is 0. The second kappa shape index (κ2) is 4.08. The molecule has 2 heterocycles. The topological polar surface area (TPSA) is 28.7 Å². The van der Waals surface area contributed by atoms with Gasteiger partial charge in [0.15, 0.2) is 0 Å². The van der Waals surface area contributed by atoms with Crippen LogP contribution in [0.5, 0.6) is 0 Å². The van der Waals surface area contributed by atoms with Gasteiger partial charge in [-0.2, -0.15) is 0 Å². The van der Waals surface area contributed by atoms with Crippen LogP contribution in [0.3, 0.4) is 0 Å². The van der Waals surface area contributed by atoms with Gasteiger partial charge in [-0.1, -0.05) is 13.8 Å². The van der Waals surface area contributed by atoms with Crippen molar-refractivity contribution in [1.29, 1.82) is 0 Å². The lowest BCUT2D eigenvalue weighted by Crippen LogP contribution is -1.79. The molecule has 0 radical (unpaired) electrons. The Morgan fingerprint density at radius 3 is 2.62 bits per heavy atom. The molecule has 13 heavy (non-hydrogen) atoms. The first-order chi connectivity index (χ1) is 6.25. The highest BCUT2D eigenvalue weighted by molar-refractivity contribution is 5.76. The number of hydrogen-bond donors (Lipinski definition) is 1. The number of rotatable bonds is 0. The highest BCUT2D eigenvalue weighted by Crippen LogP contribution is 2.12. The van der Waals surface area contributed by atoms with Crippen LogP contribution >= 0.6 is 0 Å². The van der Waals surface area contributed by atoms with E-state index in [0.29, 0.717) is 0 Å². The van der Waals surface area contributed by atoms with Crippen molar-refractivity contribution in [2.75, 3.05) is 0 Å². The predicted octanol–water partition coefficient (Wildman–Crippen LogP) is 3.45. The fraction of sp³-hybridized carbons (Fsp3) is 0.364. The van der Waals surface area contributed by atoms with Gasteiger partial charge in [-0.05, 0) is 32.0 Å². The summed E-state index contributed by atoms with van der Waals surface area (Å²) in [5, 5.41) is 1.19. The van der Waals surface area contributed by atoms with Gasteiger partial charge in [0.05, 0.1) is 0 Å². The minimum Gasteiger partial charge on any atom is -0.344 e. The number of aromatic nitrogens is 2. The van der Waals surface area contributed by atoms with Crippen LogP contribution in [0.2, 0.25) is 0 Å².